The van der Waals surface area contributed by atoms with E-state index in [2.05, 4.69) is 36.4 Å². The van der Waals surface area contributed by atoms with Crippen LogP contribution in [0.15, 0.2) is 22.3 Å². The quantitative estimate of drug-likeness (QED) is 0.634. The number of aromatic nitrogens is 6. The van der Waals surface area contributed by atoms with Gasteiger partial charge in [-0.3, -0.25) is 14.7 Å². The summed E-state index contributed by atoms with van der Waals surface area (Å²) in [7, 11) is 0. The maximum atomic E-state index is 12.7. The molecule has 1 N–H and O–H groups in total. The number of nitrogens with zero attached hydrogens (tertiary/aromatic N) is 7. The van der Waals surface area contributed by atoms with E-state index in [4.69, 9.17) is 9.72 Å². The second kappa shape index (κ2) is 8.01. The molecule has 0 saturated carbocycles. The molecule has 2 aliphatic heterocycles. The number of rotatable bonds is 5. The predicted octanol–water partition coefficient (Wildman–Crippen LogP) is 0.261. The first-order valence-electron chi connectivity index (χ1n) is 9.71. The van der Waals surface area contributed by atoms with Crippen molar-refractivity contribution in [3.8, 4) is 0 Å². The smallest absolute Gasteiger partial charge is 0.257 e. The maximum absolute atomic E-state index is 12.7. The van der Waals surface area contributed by atoms with E-state index in [1.54, 1.807) is 11.3 Å². The lowest BCUT2D eigenvalue weighted by molar-refractivity contribution is 0.122. The zero-order chi connectivity index (χ0) is 19.6. The molecular weight excluding hydrogens is 392 g/mol. The van der Waals surface area contributed by atoms with Crippen molar-refractivity contribution in [1.29, 1.82) is 0 Å². The topological polar surface area (TPSA) is 105 Å². The Bertz CT molecular complexity index is 1020. The van der Waals surface area contributed by atoms with Gasteiger partial charge in [0.1, 0.15) is 0 Å². The lowest BCUT2D eigenvalue weighted by atomic mass is 10.1. The van der Waals surface area contributed by atoms with E-state index in [1.165, 1.54) is 4.88 Å². The van der Waals surface area contributed by atoms with Gasteiger partial charge in [-0.2, -0.15) is 0 Å². The molecule has 1 saturated heterocycles. The fraction of sp³-hybridized carbons (Fsp3) is 0.500. The minimum Gasteiger partial charge on any atom is -0.378 e. The minimum absolute atomic E-state index is 0.0561. The van der Waals surface area contributed by atoms with Gasteiger partial charge in [0.2, 0.25) is 5.95 Å². The first-order valence-corrected chi connectivity index (χ1v) is 10.6. The Balaban J connectivity index is 1.30. The normalized spacial score (nSPS) is 17.4. The molecule has 5 rings (SSSR count). The molecule has 0 bridgehead atoms. The number of hydrogen-bond donors (Lipinski definition) is 1. The van der Waals surface area contributed by atoms with Crippen LogP contribution in [0.4, 0.5) is 5.95 Å². The minimum atomic E-state index is -0.0561. The first kappa shape index (κ1) is 18.4. The molecule has 3 aromatic rings. The second-order valence-corrected chi connectivity index (χ2v) is 8.24. The third-order valence-corrected chi connectivity index (χ3v) is 6.16. The molecule has 29 heavy (non-hydrogen) atoms. The van der Waals surface area contributed by atoms with Crippen LogP contribution in [0.3, 0.4) is 0 Å². The summed E-state index contributed by atoms with van der Waals surface area (Å²) >= 11 is 1.69. The van der Waals surface area contributed by atoms with Gasteiger partial charge in [0.05, 0.1) is 37.6 Å². The van der Waals surface area contributed by atoms with Crippen LogP contribution in [0, 0.1) is 0 Å². The van der Waals surface area contributed by atoms with Crippen molar-refractivity contribution in [2.45, 2.75) is 26.1 Å². The number of fused-ring (bicyclic) bond motifs is 1. The predicted molar refractivity (Wildman–Crippen MR) is 107 cm³/mol. The molecule has 0 radical (unpaired) electrons. The van der Waals surface area contributed by atoms with Gasteiger partial charge in [0.25, 0.3) is 5.56 Å². The summed E-state index contributed by atoms with van der Waals surface area (Å²) < 4.78 is 7.21. The Morgan fingerprint density at radius 2 is 2.10 bits per heavy atom. The molecular formula is C18H22N8O2S. The van der Waals surface area contributed by atoms with Crippen LogP contribution in [-0.2, 0) is 30.8 Å². The Morgan fingerprint density at radius 3 is 2.93 bits per heavy atom. The van der Waals surface area contributed by atoms with Crippen molar-refractivity contribution >= 4 is 17.3 Å². The highest BCUT2D eigenvalue weighted by Gasteiger charge is 2.24. The Hall–Kier alpha value is -2.63. The second-order valence-electron chi connectivity index (χ2n) is 7.21. The van der Waals surface area contributed by atoms with Gasteiger partial charge in [-0.25, -0.2) is 9.67 Å². The number of tetrazole rings is 1. The highest BCUT2D eigenvalue weighted by molar-refractivity contribution is 7.09. The van der Waals surface area contributed by atoms with Gasteiger partial charge >= 0.3 is 0 Å². The summed E-state index contributed by atoms with van der Waals surface area (Å²) in [6.45, 7) is 5.45. The summed E-state index contributed by atoms with van der Waals surface area (Å²) in [4.78, 5) is 25.9. The zero-order valence-corrected chi connectivity index (χ0v) is 16.8. The summed E-state index contributed by atoms with van der Waals surface area (Å²) in [5, 5.41) is 14.2. The van der Waals surface area contributed by atoms with Crippen molar-refractivity contribution in [2.24, 2.45) is 0 Å². The molecule has 5 heterocycles. The molecule has 2 aliphatic rings. The molecule has 1 fully saturated rings. The van der Waals surface area contributed by atoms with Crippen molar-refractivity contribution in [2.75, 3.05) is 37.7 Å². The van der Waals surface area contributed by atoms with E-state index in [-0.39, 0.29) is 5.56 Å². The van der Waals surface area contributed by atoms with Crippen LogP contribution >= 0.6 is 11.3 Å². The number of nitrogens with one attached hydrogen (secondary N) is 1. The standard InChI is InChI=1S/C18H22N8O2S/c27-17-14-11-24(12-16-21-22-23-26(16)10-13-2-1-9-29-13)4-3-15(14)19-18(20-17)25-5-7-28-8-6-25/h1-2,9H,3-8,10-12H2,(H,19,20,27). The number of aromatic amines is 1. The fourth-order valence-electron chi connectivity index (χ4n) is 3.74. The molecule has 11 heteroatoms. The van der Waals surface area contributed by atoms with E-state index in [9.17, 15) is 4.79 Å². The molecule has 0 atom stereocenters. The molecule has 0 spiro atoms. The van der Waals surface area contributed by atoms with Gasteiger partial charge in [0, 0.05) is 37.5 Å². The highest BCUT2D eigenvalue weighted by atomic mass is 32.1. The van der Waals surface area contributed by atoms with E-state index >= 15 is 0 Å². The van der Waals surface area contributed by atoms with Gasteiger partial charge in [0.15, 0.2) is 5.82 Å². The summed E-state index contributed by atoms with van der Waals surface area (Å²) in [5.74, 6) is 1.46. The van der Waals surface area contributed by atoms with Crippen LogP contribution < -0.4 is 10.5 Å². The van der Waals surface area contributed by atoms with Gasteiger partial charge < -0.3 is 9.64 Å². The lowest BCUT2D eigenvalue weighted by Crippen LogP contribution is -2.41. The maximum Gasteiger partial charge on any atom is 0.257 e. The van der Waals surface area contributed by atoms with E-state index in [0.29, 0.717) is 38.8 Å². The Morgan fingerprint density at radius 1 is 1.21 bits per heavy atom. The number of ether oxygens (including phenoxy) is 1. The molecule has 10 nitrogen and oxygen atoms in total. The van der Waals surface area contributed by atoms with Crippen molar-refractivity contribution < 1.29 is 4.74 Å². The largest absolute Gasteiger partial charge is 0.378 e. The van der Waals surface area contributed by atoms with Crippen LogP contribution in [0.5, 0.6) is 0 Å². The van der Waals surface area contributed by atoms with Crippen LogP contribution in [0.25, 0.3) is 0 Å². The molecule has 0 amide bonds. The van der Waals surface area contributed by atoms with Gasteiger partial charge in [-0.1, -0.05) is 6.07 Å². The van der Waals surface area contributed by atoms with Crippen LogP contribution in [-0.4, -0.2) is 67.9 Å². The monoisotopic (exact) mass is 414 g/mol. The number of H-pyrrole nitrogens is 1. The van der Waals surface area contributed by atoms with E-state index in [1.807, 2.05) is 16.1 Å². The van der Waals surface area contributed by atoms with Gasteiger partial charge in [-0.05, 0) is 21.9 Å². The number of thiophene rings is 1. The third-order valence-electron chi connectivity index (χ3n) is 5.30. The van der Waals surface area contributed by atoms with Crippen LogP contribution in [0.2, 0.25) is 0 Å². The van der Waals surface area contributed by atoms with Crippen molar-refractivity contribution in [1.82, 2.24) is 35.1 Å². The summed E-state index contributed by atoms with van der Waals surface area (Å²) in [5.41, 5.74) is 1.58. The first-order chi connectivity index (χ1) is 14.3. The lowest BCUT2D eigenvalue weighted by Gasteiger charge is -2.30. The van der Waals surface area contributed by atoms with E-state index < -0.39 is 0 Å². The number of hydrogen-bond acceptors (Lipinski definition) is 9. The molecule has 0 aromatic carbocycles. The van der Waals surface area contributed by atoms with E-state index in [0.717, 1.165) is 43.1 Å². The Kier molecular flexibility index (Phi) is 5.08. The molecule has 3 aromatic heterocycles. The number of anilines is 1. The number of morpholine rings is 1. The average Bonchev–Trinajstić information content (AvgIpc) is 3.42. The Labute approximate surface area is 171 Å². The summed E-state index contributed by atoms with van der Waals surface area (Å²) in [6, 6.07) is 4.10. The van der Waals surface area contributed by atoms with Crippen molar-refractivity contribution in [3.63, 3.8) is 0 Å². The average molecular weight is 414 g/mol. The molecule has 0 aliphatic carbocycles. The molecule has 0 unspecified atom stereocenters. The van der Waals surface area contributed by atoms with Crippen LogP contribution in [0.1, 0.15) is 22.0 Å². The van der Waals surface area contributed by atoms with Crippen molar-refractivity contribution in [3.05, 3.63) is 49.8 Å². The highest BCUT2D eigenvalue weighted by Crippen LogP contribution is 2.19. The summed E-state index contributed by atoms with van der Waals surface area (Å²) in [6.07, 6.45) is 0.739. The SMILES string of the molecule is O=c1[nH]c(N2CCOCC2)nc2c1CN(Cc1nnnn1Cc1cccs1)CC2. The zero-order valence-electron chi connectivity index (χ0n) is 16.0. The van der Waals surface area contributed by atoms with Gasteiger partial charge in [-0.15, -0.1) is 16.4 Å². The molecule has 152 valence electrons. The fourth-order valence-corrected chi connectivity index (χ4v) is 4.42. The third kappa shape index (κ3) is 3.93.